The van der Waals surface area contributed by atoms with Crippen molar-refractivity contribution in [3.8, 4) is 5.13 Å². The van der Waals surface area contributed by atoms with Gasteiger partial charge in [-0.2, -0.15) is 0 Å². The summed E-state index contributed by atoms with van der Waals surface area (Å²) in [6.45, 7) is 2.36. The van der Waals surface area contributed by atoms with Crippen molar-refractivity contribution < 1.29 is 13.9 Å². The monoisotopic (exact) mass is 377 g/mol. The number of rotatable bonds is 6. The molecule has 3 aromatic rings. The Morgan fingerprint density at radius 2 is 2.31 bits per heavy atom. The summed E-state index contributed by atoms with van der Waals surface area (Å²) in [6, 6.07) is 1.05. The number of hydrogen-bond donors (Lipinski definition) is 2. The third-order valence-corrected chi connectivity index (χ3v) is 4.26. The lowest BCUT2D eigenvalue weighted by Gasteiger charge is -2.12. The third-order valence-electron chi connectivity index (χ3n) is 3.49. The standard InChI is InChI=1S/C16H16FN5O3S/c1-2-25-15(24)10-8-22(16-20-5-6-26-16)14-9(12(10)23)7-11(17)13(21-14)19-4-3-18/h5-8H,2-4,18H2,1H3,(H,19,21). The van der Waals surface area contributed by atoms with Crippen LogP contribution >= 0.6 is 11.3 Å². The smallest absolute Gasteiger partial charge is 0.343 e. The summed E-state index contributed by atoms with van der Waals surface area (Å²) in [5.74, 6) is -1.53. The Kier molecular flexibility index (Phi) is 5.24. The van der Waals surface area contributed by atoms with Crippen molar-refractivity contribution in [1.82, 2.24) is 14.5 Å². The van der Waals surface area contributed by atoms with Gasteiger partial charge in [0.2, 0.25) is 5.43 Å². The summed E-state index contributed by atoms with van der Waals surface area (Å²) in [5, 5.41) is 4.94. The van der Waals surface area contributed by atoms with Gasteiger partial charge >= 0.3 is 5.97 Å². The second kappa shape index (κ2) is 7.58. The molecule has 0 unspecified atom stereocenters. The first-order valence-electron chi connectivity index (χ1n) is 7.83. The number of pyridine rings is 2. The molecule has 0 aromatic carbocycles. The molecule has 0 amide bonds. The van der Waals surface area contributed by atoms with Gasteiger partial charge in [0, 0.05) is 30.9 Å². The molecule has 10 heteroatoms. The zero-order valence-electron chi connectivity index (χ0n) is 13.9. The first-order chi connectivity index (χ1) is 12.6. The molecule has 3 N–H and O–H groups in total. The largest absolute Gasteiger partial charge is 0.462 e. The minimum absolute atomic E-state index is 0.0310. The number of esters is 1. The quantitative estimate of drug-likeness (QED) is 0.627. The van der Waals surface area contributed by atoms with E-state index in [1.807, 2.05) is 0 Å². The molecule has 3 aromatic heterocycles. The van der Waals surface area contributed by atoms with E-state index in [9.17, 15) is 14.0 Å². The van der Waals surface area contributed by atoms with Crippen molar-refractivity contribution in [2.24, 2.45) is 5.73 Å². The van der Waals surface area contributed by atoms with E-state index in [4.69, 9.17) is 10.5 Å². The number of aromatic nitrogens is 3. The van der Waals surface area contributed by atoms with Crippen LogP contribution in [-0.4, -0.2) is 40.2 Å². The Labute approximate surface area is 151 Å². The van der Waals surface area contributed by atoms with Crippen LogP contribution < -0.4 is 16.5 Å². The van der Waals surface area contributed by atoms with E-state index in [1.165, 1.54) is 22.1 Å². The van der Waals surface area contributed by atoms with E-state index >= 15 is 0 Å². The second-order valence-corrected chi connectivity index (χ2v) is 6.06. The Balaban J connectivity index is 2.30. The van der Waals surface area contributed by atoms with Crippen molar-refractivity contribution >= 4 is 34.2 Å². The fourth-order valence-corrected chi connectivity index (χ4v) is 2.99. The number of ether oxygens (including phenoxy) is 1. The van der Waals surface area contributed by atoms with E-state index in [-0.39, 0.29) is 29.0 Å². The zero-order valence-corrected chi connectivity index (χ0v) is 14.7. The molecule has 0 spiro atoms. The van der Waals surface area contributed by atoms with Gasteiger partial charge in [-0.3, -0.25) is 9.36 Å². The third kappa shape index (κ3) is 3.28. The van der Waals surface area contributed by atoms with Crippen molar-refractivity contribution in [2.45, 2.75) is 6.92 Å². The fourth-order valence-electron chi connectivity index (χ4n) is 2.37. The maximum Gasteiger partial charge on any atom is 0.343 e. The van der Waals surface area contributed by atoms with Gasteiger partial charge in [-0.1, -0.05) is 0 Å². The second-order valence-electron chi connectivity index (χ2n) is 5.18. The lowest BCUT2D eigenvalue weighted by Crippen LogP contribution is -2.22. The number of carbonyl (C=O) groups is 1. The van der Waals surface area contributed by atoms with Gasteiger partial charge in [0.25, 0.3) is 0 Å². The maximum atomic E-state index is 14.3. The van der Waals surface area contributed by atoms with Gasteiger partial charge in [-0.25, -0.2) is 19.2 Å². The molecule has 3 heterocycles. The van der Waals surface area contributed by atoms with Gasteiger partial charge in [-0.05, 0) is 13.0 Å². The van der Waals surface area contributed by atoms with Crippen LogP contribution in [0.2, 0.25) is 0 Å². The van der Waals surface area contributed by atoms with Crippen LogP contribution in [0.1, 0.15) is 17.3 Å². The molecular formula is C16H16FN5O3S. The van der Waals surface area contributed by atoms with Gasteiger partial charge in [0.05, 0.1) is 12.0 Å². The van der Waals surface area contributed by atoms with E-state index in [0.29, 0.717) is 18.2 Å². The van der Waals surface area contributed by atoms with Crippen LogP contribution in [-0.2, 0) is 4.74 Å². The highest BCUT2D eigenvalue weighted by Crippen LogP contribution is 2.22. The van der Waals surface area contributed by atoms with Crippen molar-refractivity contribution in [3.63, 3.8) is 0 Å². The van der Waals surface area contributed by atoms with Crippen LogP contribution in [0.3, 0.4) is 0 Å². The van der Waals surface area contributed by atoms with E-state index in [1.54, 1.807) is 18.5 Å². The summed E-state index contributed by atoms with van der Waals surface area (Å²) >= 11 is 1.28. The highest BCUT2D eigenvalue weighted by molar-refractivity contribution is 7.12. The summed E-state index contributed by atoms with van der Waals surface area (Å²) in [5.41, 5.74) is 4.74. The minimum atomic E-state index is -0.782. The van der Waals surface area contributed by atoms with Crippen LogP contribution in [0.15, 0.2) is 28.6 Å². The Morgan fingerprint density at radius 1 is 1.50 bits per heavy atom. The number of nitrogens with zero attached hydrogens (tertiary/aromatic N) is 3. The SMILES string of the molecule is CCOC(=O)c1cn(-c2nccs2)c2nc(NCCN)c(F)cc2c1=O. The van der Waals surface area contributed by atoms with Crippen LogP contribution in [0.5, 0.6) is 0 Å². The highest BCUT2D eigenvalue weighted by atomic mass is 32.1. The average Bonchev–Trinajstić information content (AvgIpc) is 3.15. The molecule has 136 valence electrons. The Hall–Kier alpha value is -2.85. The predicted molar refractivity (Wildman–Crippen MR) is 96.5 cm³/mol. The van der Waals surface area contributed by atoms with Crippen LogP contribution in [0, 0.1) is 5.82 Å². The molecule has 0 bridgehead atoms. The fraction of sp³-hybridized carbons (Fsp3) is 0.250. The van der Waals surface area contributed by atoms with Gasteiger partial charge in [-0.15, -0.1) is 11.3 Å². The molecule has 0 saturated heterocycles. The first-order valence-corrected chi connectivity index (χ1v) is 8.71. The molecule has 0 aliphatic heterocycles. The number of anilines is 1. The van der Waals surface area contributed by atoms with Gasteiger partial charge in [0.15, 0.2) is 22.4 Å². The number of hydrogen-bond acceptors (Lipinski definition) is 8. The normalized spacial score (nSPS) is 10.9. The lowest BCUT2D eigenvalue weighted by molar-refractivity contribution is 0.0524. The molecule has 0 aliphatic rings. The molecule has 8 nitrogen and oxygen atoms in total. The van der Waals surface area contributed by atoms with E-state index < -0.39 is 17.2 Å². The lowest BCUT2D eigenvalue weighted by atomic mass is 10.2. The number of nitrogens with two attached hydrogens (primary N) is 1. The number of halogens is 1. The van der Waals surface area contributed by atoms with E-state index in [0.717, 1.165) is 6.07 Å². The topological polar surface area (TPSA) is 112 Å². The molecule has 0 saturated carbocycles. The highest BCUT2D eigenvalue weighted by Gasteiger charge is 2.20. The van der Waals surface area contributed by atoms with Crippen LogP contribution in [0.4, 0.5) is 10.2 Å². The van der Waals surface area contributed by atoms with Crippen molar-refractivity contribution in [1.29, 1.82) is 0 Å². The number of nitrogens with one attached hydrogen (secondary N) is 1. The summed E-state index contributed by atoms with van der Waals surface area (Å²) < 4.78 is 20.7. The minimum Gasteiger partial charge on any atom is -0.462 e. The van der Waals surface area contributed by atoms with Crippen LogP contribution in [0.25, 0.3) is 16.2 Å². The summed E-state index contributed by atoms with van der Waals surface area (Å²) in [6.07, 6.45) is 2.89. The Morgan fingerprint density at radius 3 is 2.96 bits per heavy atom. The van der Waals surface area contributed by atoms with Gasteiger partial charge in [0.1, 0.15) is 5.56 Å². The summed E-state index contributed by atoms with van der Waals surface area (Å²) in [7, 11) is 0. The Bertz CT molecular complexity index is 1000. The first kappa shape index (κ1) is 18.0. The molecule has 0 radical (unpaired) electrons. The maximum absolute atomic E-state index is 14.3. The predicted octanol–water partition coefficient (Wildman–Crippen LogP) is 1.53. The summed E-state index contributed by atoms with van der Waals surface area (Å²) in [4.78, 5) is 33.2. The average molecular weight is 377 g/mol. The number of carbonyl (C=O) groups excluding carboxylic acids is 1. The molecular weight excluding hydrogens is 361 g/mol. The zero-order chi connectivity index (χ0) is 18.7. The van der Waals surface area contributed by atoms with E-state index in [2.05, 4.69) is 15.3 Å². The molecule has 0 atom stereocenters. The van der Waals surface area contributed by atoms with Gasteiger partial charge < -0.3 is 15.8 Å². The molecule has 26 heavy (non-hydrogen) atoms. The molecule has 0 fully saturated rings. The number of fused-ring (bicyclic) bond motifs is 1. The number of thiazole rings is 1. The van der Waals surface area contributed by atoms with Crippen molar-refractivity contribution in [3.05, 3.63) is 45.4 Å². The van der Waals surface area contributed by atoms with Crippen molar-refractivity contribution in [2.75, 3.05) is 25.0 Å². The molecule has 0 aliphatic carbocycles. The molecule has 3 rings (SSSR count).